The molecule has 0 spiro atoms. The Balaban J connectivity index is 2.57. The quantitative estimate of drug-likeness (QED) is 0.892. The first-order valence-corrected chi connectivity index (χ1v) is 5.90. The van der Waals surface area contributed by atoms with E-state index in [2.05, 4.69) is 59.9 Å². The van der Waals surface area contributed by atoms with Crippen LogP contribution >= 0.6 is 15.9 Å². The molecule has 0 saturated carbocycles. The Morgan fingerprint density at radius 2 is 2.27 bits per heavy atom. The Bertz CT molecular complexity index is 330. The minimum absolute atomic E-state index is 0.298. The Labute approximate surface area is 99.7 Å². The lowest BCUT2D eigenvalue weighted by molar-refractivity contribution is 0.530. The second kappa shape index (κ2) is 5.47. The van der Waals surface area contributed by atoms with E-state index in [4.69, 9.17) is 0 Å². The van der Waals surface area contributed by atoms with E-state index in [-0.39, 0.29) is 0 Å². The van der Waals surface area contributed by atoms with Crippen molar-refractivity contribution in [3.63, 3.8) is 0 Å². The van der Waals surface area contributed by atoms with Gasteiger partial charge in [-0.15, -0.1) is 0 Å². The number of nitrogens with zero attached hydrogens (tertiary/aromatic N) is 2. The number of hydrogen-bond donors (Lipinski definition) is 1. The van der Waals surface area contributed by atoms with Crippen molar-refractivity contribution in [1.29, 1.82) is 0 Å². The van der Waals surface area contributed by atoms with Gasteiger partial charge in [0.25, 0.3) is 0 Å². The standard InChI is InChI=1S/C11H18BrN3/c1-8(2)15-7-11(6-14-15)10(4)13-5-9(3)12/h6-8,10,13H,3,5H2,1-2,4H3. The van der Waals surface area contributed by atoms with Gasteiger partial charge in [-0.05, 0) is 20.8 Å². The molecule has 1 aromatic heterocycles. The van der Waals surface area contributed by atoms with Gasteiger partial charge in [0.05, 0.1) is 6.20 Å². The molecule has 1 atom stereocenters. The zero-order chi connectivity index (χ0) is 11.4. The van der Waals surface area contributed by atoms with E-state index in [0.717, 1.165) is 11.0 Å². The summed E-state index contributed by atoms with van der Waals surface area (Å²) in [6, 6.07) is 0.712. The largest absolute Gasteiger partial charge is 0.306 e. The third-order valence-corrected chi connectivity index (χ3v) is 2.53. The lowest BCUT2D eigenvalue weighted by Gasteiger charge is -2.11. The van der Waals surface area contributed by atoms with Crippen molar-refractivity contribution < 1.29 is 0 Å². The van der Waals surface area contributed by atoms with Gasteiger partial charge in [-0.1, -0.05) is 22.5 Å². The summed E-state index contributed by atoms with van der Waals surface area (Å²) in [5.41, 5.74) is 1.21. The van der Waals surface area contributed by atoms with Crippen LogP contribution in [0.5, 0.6) is 0 Å². The minimum Gasteiger partial charge on any atom is -0.306 e. The van der Waals surface area contributed by atoms with E-state index < -0.39 is 0 Å². The van der Waals surface area contributed by atoms with Crippen molar-refractivity contribution in [2.24, 2.45) is 0 Å². The van der Waals surface area contributed by atoms with Crippen molar-refractivity contribution in [2.75, 3.05) is 6.54 Å². The monoisotopic (exact) mass is 271 g/mol. The first kappa shape index (κ1) is 12.5. The van der Waals surface area contributed by atoms with Gasteiger partial charge in [0.1, 0.15) is 0 Å². The maximum absolute atomic E-state index is 4.31. The van der Waals surface area contributed by atoms with Crippen LogP contribution in [-0.4, -0.2) is 16.3 Å². The molecule has 0 radical (unpaired) electrons. The molecule has 0 bridgehead atoms. The summed E-state index contributed by atoms with van der Waals surface area (Å²) in [5.74, 6) is 0. The fraction of sp³-hybridized carbons (Fsp3) is 0.545. The third kappa shape index (κ3) is 3.80. The Hall–Kier alpha value is -0.610. The highest BCUT2D eigenvalue weighted by Crippen LogP contribution is 2.14. The number of halogens is 1. The first-order chi connectivity index (χ1) is 7.00. The van der Waals surface area contributed by atoms with Crippen LogP contribution in [0.25, 0.3) is 0 Å². The van der Waals surface area contributed by atoms with Crippen molar-refractivity contribution in [3.05, 3.63) is 29.0 Å². The summed E-state index contributed by atoms with van der Waals surface area (Å²) in [6.07, 6.45) is 3.99. The van der Waals surface area contributed by atoms with Gasteiger partial charge in [-0.3, -0.25) is 4.68 Å². The van der Waals surface area contributed by atoms with Gasteiger partial charge in [-0.2, -0.15) is 5.10 Å². The van der Waals surface area contributed by atoms with Crippen LogP contribution in [0.2, 0.25) is 0 Å². The third-order valence-electron chi connectivity index (χ3n) is 2.25. The Morgan fingerprint density at radius 1 is 1.60 bits per heavy atom. The van der Waals surface area contributed by atoms with Crippen LogP contribution in [0.1, 0.15) is 38.4 Å². The summed E-state index contributed by atoms with van der Waals surface area (Å²) in [5, 5.41) is 7.66. The smallest absolute Gasteiger partial charge is 0.0537 e. The van der Waals surface area contributed by atoms with Gasteiger partial charge in [0.15, 0.2) is 0 Å². The number of nitrogens with one attached hydrogen (secondary N) is 1. The van der Waals surface area contributed by atoms with Gasteiger partial charge in [-0.25, -0.2) is 0 Å². The number of rotatable bonds is 5. The van der Waals surface area contributed by atoms with Gasteiger partial charge >= 0.3 is 0 Å². The predicted octanol–water partition coefficient (Wildman–Crippen LogP) is 3.02. The lowest BCUT2D eigenvalue weighted by atomic mass is 10.2. The molecule has 4 heteroatoms. The molecule has 0 aromatic carbocycles. The average Bonchev–Trinajstić information content (AvgIpc) is 2.62. The molecule has 1 N–H and O–H groups in total. The van der Waals surface area contributed by atoms with Crippen LogP contribution in [-0.2, 0) is 0 Å². The van der Waals surface area contributed by atoms with E-state index in [9.17, 15) is 0 Å². The zero-order valence-corrected chi connectivity index (χ0v) is 11.1. The van der Waals surface area contributed by atoms with Crippen LogP contribution in [0.4, 0.5) is 0 Å². The van der Waals surface area contributed by atoms with Crippen LogP contribution in [0.15, 0.2) is 23.5 Å². The first-order valence-electron chi connectivity index (χ1n) is 5.11. The fourth-order valence-electron chi connectivity index (χ4n) is 1.24. The molecule has 0 aliphatic carbocycles. The Kier molecular flexibility index (Phi) is 4.54. The number of aromatic nitrogens is 2. The molecular formula is C11H18BrN3. The highest BCUT2D eigenvalue weighted by Gasteiger charge is 2.08. The maximum atomic E-state index is 4.31. The topological polar surface area (TPSA) is 29.9 Å². The molecule has 0 amide bonds. The van der Waals surface area contributed by atoms with E-state index in [1.165, 1.54) is 5.56 Å². The predicted molar refractivity (Wildman–Crippen MR) is 67.1 cm³/mol. The summed E-state index contributed by atoms with van der Waals surface area (Å²) < 4.78 is 2.93. The van der Waals surface area contributed by atoms with Gasteiger partial charge in [0, 0.05) is 34.9 Å². The van der Waals surface area contributed by atoms with Crippen molar-refractivity contribution in [3.8, 4) is 0 Å². The summed E-state index contributed by atoms with van der Waals surface area (Å²) in [4.78, 5) is 0. The van der Waals surface area contributed by atoms with Crippen molar-refractivity contribution >= 4 is 15.9 Å². The van der Waals surface area contributed by atoms with Gasteiger partial charge < -0.3 is 5.32 Å². The van der Waals surface area contributed by atoms with Crippen molar-refractivity contribution in [1.82, 2.24) is 15.1 Å². The minimum atomic E-state index is 0.298. The van der Waals surface area contributed by atoms with Crippen LogP contribution in [0, 0.1) is 0 Å². The molecule has 15 heavy (non-hydrogen) atoms. The van der Waals surface area contributed by atoms with E-state index >= 15 is 0 Å². The molecule has 0 aliphatic rings. The Morgan fingerprint density at radius 3 is 2.73 bits per heavy atom. The molecule has 0 aliphatic heterocycles. The number of hydrogen-bond acceptors (Lipinski definition) is 2. The van der Waals surface area contributed by atoms with Crippen LogP contribution in [0.3, 0.4) is 0 Å². The maximum Gasteiger partial charge on any atom is 0.0537 e. The average molecular weight is 272 g/mol. The highest BCUT2D eigenvalue weighted by molar-refractivity contribution is 9.11. The summed E-state index contributed by atoms with van der Waals surface area (Å²) in [6.45, 7) is 10.9. The van der Waals surface area contributed by atoms with Gasteiger partial charge in [0.2, 0.25) is 0 Å². The normalized spacial score (nSPS) is 13.1. The molecular weight excluding hydrogens is 254 g/mol. The highest BCUT2D eigenvalue weighted by atomic mass is 79.9. The van der Waals surface area contributed by atoms with Crippen molar-refractivity contribution in [2.45, 2.75) is 32.9 Å². The van der Waals surface area contributed by atoms with Crippen LogP contribution < -0.4 is 5.32 Å². The molecule has 3 nitrogen and oxygen atoms in total. The molecule has 0 fully saturated rings. The fourth-order valence-corrected chi connectivity index (χ4v) is 1.40. The molecule has 84 valence electrons. The van der Waals surface area contributed by atoms with E-state index in [0.29, 0.717) is 12.1 Å². The molecule has 0 saturated heterocycles. The summed E-state index contributed by atoms with van der Waals surface area (Å²) in [7, 11) is 0. The molecule has 1 aromatic rings. The summed E-state index contributed by atoms with van der Waals surface area (Å²) >= 11 is 3.33. The molecule has 1 rings (SSSR count). The molecule has 1 heterocycles. The van der Waals surface area contributed by atoms with E-state index in [1.54, 1.807) is 0 Å². The second-order valence-electron chi connectivity index (χ2n) is 3.97. The van der Waals surface area contributed by atoms with E-state index in [1.807, 2.05) is 10.9 Å². The molecule has 1 unspecified atom stereocenters. The lowest BCUT2D eigenvalue weighted by Crippen LogP contribution is -2.19. The SMILES string of the molecule is C=C(Br)CNC(C)c1cnn(C(C)C)c1. The second-order valence-corrected chi connectivity index (χ2v) is 5.09. The zero-order valence-electron chi connectivity index (χ0n) is 9.50.